The summed E-state index contributed by atoms with van der Waals surface area (Å²) in [6, 6.07) is 45.7. The van der Waals surface area contributed by atoms with Crippen molar-refractivity contribution in [2.24, 2.45) is 20.0 Å². The van der Waals surface area contributed by atoms with Crippen LogP contribution in [0.25, 0.3) is 21.5 Å². The first-order valence-electron chi connectivity index (χ1n) is 16.6. The summed E-state index contributed by atoms with van der Waals surface area (Å²) >= 11 is 0. The van der Waals surface area contributed by atoms with Gasteiger partial charge in [-0.2, -0.15) is 0 Å². The molecule has 2 aliphatic heterocycles. The minimum Gasteiger partial charge on any atom is -0.496 e. The highest BCUT2D eigenvalue weighted by atomic mass is 33.1. The zero-order chi connectivity index (χ0) is 33.9. The van der Waals surface area contributed by atoms with Crippen molar-refractivity contribution in [2.75, 3.05) is 14.2 Å². The second-order valence-corrected chi connectivity index (χ2v) is 14.2. The van der Waals surface area contributed by atoms with E-state index in [0.717, 1.165) is 66.7 Å². The molecule has 2 aliphatic rings. The maximum Gasteiger partial charge on any atom is 0.195 e. The Hall–Kier alpha value is -5.18. The van der Waals surface area contributed by atoms with Gasteiger partial charge < -0.3 is 9.47 Å². The lowest BCUT2D eigenvalue weighted by atomic mass is 9.93. The predicted octanol–water partition coefficient (Wildman–Crippen LogP) is 10.7. The van der Waals surface area contributed by atoms with Crippen LogP contribution in [0.2, 0.25) is 0 Å². The molecule has 6 nitrogen and oxygen atoms in total. The largest absolute Gasteiger partial charge is 0.496 e. The Balaban J connectivity index is 1.19. The van der Waals surface area contributed by atoms with Crippen LogP contribution in [-0.4, -0.2) is 36.0 Å². The smallest absolute Gasteiger partial charge is 0.195 e. The molecule has 0 saturated heterocycles. The molecule has 2 heterocycles. The fourth-order valence-corrected chi connectivity index (χ4v) is 8.46. The summed E-state index contributed by atoms with van der Waals surface area (Å²) < 4.78 is 11.8. The molecule has 0 amide bonds. The fourth-order valence-electron chi connectivity index (χ4n) is 6.75. The molecule has 0 radical (unpaired) electrons. The van der Waals surface area contributed by atoms with Crippen LogP contribution in [0.5, 0.6) is 11.5 Å². The number of fused-ring (bicyclic) bond motifs is 2. The molecule has 2 atom stereocenters. The third-order valence-electron chi connectivity index (χ3n) is 9.13. The second-order valence-electron chi connectivity index (χ2n) is 12.1. The van der Waals surface area contributed by atoms with Gasteiger partial charge in [-0.25, -0.2) is 9.98 Å². The van der Waals surface area contributed by atoms with Crippen molar-refractivity contribution in [2.45, 2.75) is 24.9 Å². The number of hydrogen-bond acceptors (Lipinski definition) is 8. The van der Waals surface area contributed by atoms with E-state index in [0.29, 0.717) is 23.2 Å². The molecule has 0 fully saturated rings. The molecule has 0 bridgehead atoms. The van der Waals surface area contributed by atoms with Crippen LogP contribution >= 0.6 is 21.6 Å². The van der Waals surface area contributed by atoms with Crippen molar-refractivity contribution in [3.05, 3.63) is 156 Å². The molecule has 0 aromatic heterocycles. The number of aliphatic imine (C=N–C) groups is 4. The summed E-state index contributed by atoms with van der Waals surface area (Å²) in [7, 11) is 6.43. The van der Waals surface area contributed by atoms with E-state index in [1.807, 2.05) is 24.3 Å². The Bertz CT molecular complexity index is 2160. The first-order chi connectivity index (χ1) is 24.7. The van der Waals surface area contributed by atoms with Crippen LogP contribution < -0.4 is 9.47 Å². The molecule has 6 aromatic rings. The van der Waals surface area contributed by atoms with Gasteiger partial charge in [0.05, 0.1) is 37.7 Å². The molecule has 0 N–H and O–H groups in total. The SMILES string of the molecule is COc1ccc2ccccc2c1C1=NC(SSC2=NC(c3ccccc3)CC(c3c(OC)ccc4ccccc34)=N2)=NC(c2ccccc2)C1. The van der Waals surface area contributed by atoms with E-state index in [-0.39, 0.29) is 12.1 Å². The highest BCUT2D eigenvalue weighted by Crippen LogP contribution is 2.41. The molecule has 6 aromatic carbocycles. The Labute approximate surface area is 299 Å². The number of ether oxygens (including phenoxy) is 2. The van der Waals surface area contributed by atoms with Crippen molar-refractivity contribution >= 4 is 64.9 Å². The van der Waals surface area contributed by atoms with Gasteiger partial charge in [0, 0.05) is 24.0 Å². The number of rotatable bonds is 6. The number of methoxy groups -OCH3 is 2. The van der Waals surface area contributed by atoms with Crippen molar-refractivity contribution < 1.29 is 9.47 Å². The maximum absolute atomic E-state index is 5.92. The van der Waals surface area contributed by atoms with Crippen LogP contribution in [0.1, 0.15) is 47.2 Å². The Morgan fingerprint density at radius 1 is 0.480 bits per heavy atom. The third kappa shape index (κ3) is 6.44. The van der Waals surface area contributed by atoms with E-state index in [1.165, 1.54) is 21.6 Å². The van der Waals surface area contributed by atoms with Gasteiger partial charge in [0.25, 0.3) is 0 Å². The zero-order valence-electron chi connectivity index (χ0n) is 27.7. The molecule has 246 valence electrons. The number of hydrogen-bond donors (Lipinski definition) is 0. The van der Waals surface area contributed by atoms with Crippen LogP contribution in [0, 0.1) is 0 Å². The first kappa shape index (κ1) is 32.0. The predicted molar refractivity (Wildman–Crippen MR) is 212 cm³/mol. The molecular weight excluding hydrogens is 657 g/mol. The van der Waals surface area contributed by atoms with E-state index in [4.69, 9.17) is 29.4 Å². The molecule has 8 rings (SSSR count). The first-order valence-corrected chi connectivity index (χ1v) is 18.7. The summed E-state index contributed by atoms with van der Waals surface area (Å²) in [5.41, 5.74) is 6.19. The van der Waals surface area contributed by atoms with Gasteiger partial charge in [-0.3, -0.25) is 9.98 Å². The zero-order valence-corrected chi connectivity index (χ0v) is 29.3. The summed E-state index contributed by atoms with van der Waals surface area (Å²) in [5, 5.41) is 5.84. The molecule has 8 heteroatoms. The van der Waals surface area contributed by atoms with E-state index >= 15 is 0 Å². The Morgan fingerprint density at radius 2 is 0.880 bits per heavy atom. The van der Waals surface area contributed by atoms with Gasteiger partial charge in [0.1, 0.15) is 11.5 Å². The van der Waals surface area contributed by atoms with Gasteiger partial charge >= 0.3 is 0 Å². The minimum atomic E-state index is -0.0974. The van der Waals surface area contributed by atoms with E-state index < -0.39 is 0 Å². The van der Waals surface area contributed by atoms with Crippen molar-refractivity contribution in [3.8, 4) is 11.5 Å². The molecule has 0 spiro atoms. The van der Waals surface area contributed by atoms with Gasteiger partial charge in [0.2, 0.25) is 0 Å². The highest BCUT2D eigenvalue weighted by Gasteiger charge is 2.28. The number of amidine groups is 2. The Morgan fingerprint density at radius 3 is 1.30 bits per heavy atom. The summed E-state index contributed by atoms with van der Waals surface area (Å²) in [5.74, 6) is 1.60. The topological polar surface area (TPSA) is 67.9 Å². The Kier molecular flexibility index (Phi) is 9.20. The van der Waals surface area contributed by atoms with E-state index in [1.54, 1.807) is 14.2 Å². The van der Waals surface area contributed by atoms with E-state index in [9.17, 15) is 0 Å². The summed E-state index contributed by atoms with van der Waals surface area (Å²) in [6.07, 6.45) is 1.31. The molecule has 2 unspecified atom stereocenters. The molecule has 0 saturated carbocycles. The van der Waals surface area contributed by atoms with Crippen molar-refractivity contribution in [1.82, 2.24) is 0 Å². The second kappa shape index (κ2) is 14.4. The van der Waals surface area contributed by atoms with Crippen LogP contribution in [-0.2, 0) is 0 Å². The molecule has 50 heavy (non-hydrogen) atoms. The molecular formula is C42H34N4O2S2. The van der Waals surface area contributed by atoms with Crippen LogP contribution in [0.4, 0.5) is 0 Å². The van der Waals surface area contributed by atoms with Crippen LogP contribution in [0.3, 0.4) is 0 Å². The number of nitrogens with zero attached hydrogens (tertiary/aromatic N) is 4. The van der Waals surface area contributed by atoms with Gasteiger partial charge in [0.15, 0.2) is 10.3 Å². The lowest BCUT2D eigenvalue weighted by Crippen LogP contribution is -2.17. The van der Waals surface area contributed by atoms with Gasteiger partial charge in [-0.15, -0.1) is 0 Å². The van der Waals surface area contributed by atoms with Gasteiger partial charge in [-0.05, 0) is 66.4 Å². The normalized spacial score (nSPS) is 17.5. The summed E-state index contributed by atoms with van der Waals surface area (Å²) in [6.45, 7) is 0. The standard InChI is InChI=1S/C42H34N4O2S2/c1-47-37-23-21-27-13-9-11-19-31(27)39(37)35-25-33(29-15-5-3-6-16-29)43-41(45-35)49-50-42-44-34(30-17-7-4-8-18-30)26-36(46-42)40-32-20-12-10-14-28(32)22-24-38(40)48-2/h3-24,33-34H,25-26H2,1-2H3. The van der Waals surface area contributed by atoms with E-state index in [2.05, 4.69) is 109 Å². The van der Waals surface area contributed by atoms with Crippen molar-refractivity contribution in [3.63, 3.8) is 0 Å². The fraction of sp³-hybridized carbons (Fsp3) is 0.143. The maximum atomic E-state index is 5.92. The lowest BCUT2D eigenvalue weighted by molar-refractivity contribution is 0.414. The third-order valence-corrected chi connectivity index (χ3v) is 11.0. The monoisotopic (exact) mass is 690 g/mol. The van der Waals surface area contributed by atoms with Gasteiger partial charge in [-0.1, -0.05) is 121 Å². The van der Waals surface area contributed by atoms with Crippen molar-refractivity contribution in [1.29, 1.82) is 0 Å². The lowest BCUT2D eigenvalue weighted by Gasteiger charge is -2.24. The average molecular weight is 691 g/mol. The quantitative estimate of drug-likeness (QED) is 0.163. The number of benzene rings is 6. The summed E-state index contributed by atoms with van der Waals surface area (Å²) in [4.78, 5) is 20.8. The molecule has 0 aliphatic carbocycles. The average Bonchev–Trinajstić information content (AvgIpc) is 3.19. The highest BCUT2D eigenvalue weighted by molar-refractivity contribution is 8.87. The minimum absolute atomic E-state index is 0.0974. The van der Waals surface area contributed by atoms with Crippen LogP contribution in [0.15, 0.2) is 153 Å².